The number of rotatable bonds is 1. The van der Waals surface area contributed by atoms with Gasteiger partial charge in [-0.05, 0) is 54.7 Å². The van der Waals surface area contributed by atoms with E-state index in [0.717, 1.165) is 55.4 Å². The third-order valence-electron chi connectivity index (χ3n) is 6.60. The number of amides is 2. The normalized spacial score (nSPS) is 28.3. The van der Waals surface area contributed by atoms with Gasteiger partial charge < -0.3 is 14.4 Å². The first-order chi connectivity index (χ1) is 12.6. The highest BCUT2D eigenvalue weighted by Crippen LogP contribution is 2.38. The molecule has 3 fully saturated rings. The van der Waals surface area contributed by atoms with Crippen molar-refractivity contribution in [3.63, 3.8) is 0 Å². The van der Waals surface area contributed by atoms with Crippen LogP contribution in [0.3, 0.4) is 0 Å². The number of fused-ring (bicyclic) bond motifs is 5. The molecule has 0 N–H and O–H groups in total. The highest BCUT2D eigenvalue weighted by Gasteiger charge is 2.44. The van der Waals surface area contributed by atoms with E-state index in [9.17, 15) is 9.59 Å². The Balaban J connectivity index is 1.39. The molecule has 3 saturated heterocycles. The molecule has 0 spiro atoms. The van der Waals surface area contributed by atoms with Crippen molar-refractivity contribution >= 4 is 22.7 Å². The Kier molecular flexibility index (Phi) is 3.59. The van der Waals surface area contributed by atoms with E-state index in [2.05, 4.69) is 15.5 Å². The third kappa shape index (κ3) is 2.44. The number of carbonyl (C=O) groups excluding carboxylic acids is 2. The SMILES string of the molecule is Cn1ccc2ccc(C(=O)N3C[C@H]4C[C@@H](C3)C3CCCC(=O)N3C4)cc21. The summed E-state index contributed by atoms with van der Waals surface area (Å²) in [6.07, 6.45) is 5.99. The van der Waals surface area contributed by atoms with Gasteiger partial charge in [0, 0.05) is 56.4 Å². The molecule has 5 heteroatoms. The summed E-state index contributed by atoms with van der Waals surface area (Å²) in [5, 5.41) is 1.16. The van der Waals surface area contributed by atoms with Crippen LogP contribution < -0.4 is 0 Å². The van der Waals surface area contributed by atoms with Crippen molar-refractivity contribution in [1.29, 1.82) is 0 Å². The lowest BCUT2D eigenvalue weighted by molar-refractivity contribution is -0.144. The van der Waals surface area contributed by atoms with E-state index in [1.54, 1.807) is 0 Å². The van der Waals surface area contributed by atoms with Gasteiger partial charge in [-0.25, -0.2) is 0 Å². The average molecular weight is 351 g/mol. The zero-order valence-electron chi connectivity index (χ0n) is 15.2. The number of aryl methyl sites for hydroxylation is 1. The number of nitrogens with zero attached hydrogens (tertiary/aromatic N) is 3. The summed E-state index contributed by atoms with van der Waals surface area (Å²) in [6, 6.07) is 8.42. The fraction of sp³-hybridized carbons (Fsp3) is 0.524. The lowest BCUT2D eigenvalue weighted by Crippen LogP contribution is -2.61. The molecule has 3 atom stereocenters. The molecule has 4 heterocycles. The van der Waals surface area contributed by atoms with Gasteiger partial charge in [0.2, 0.25) is 5.91 Å². The van der Waals surface area contributed by atoms with Gasteiger partial charge in [-0.1, -0.05) is 6.07 Å². The van der Waals surface area contributed by atoms with E-state index in [0.29, 0.717) is 30.2 Å². The Morgan fingerprint density at radius 3 is 2.92 bits per heavy atom. The number of piperidine rings is 3. The van der Waals surface area contributed by atoms with Gasteiger partial charge in [-0.2, -0.15) is 0 Å². The molecule has 136 valence electrons. The van der Waals surface area contributed by atoms with Gasteiger partial charge in [0.25, 0.3) is 5.91 Å². The quantitative estimate of drug-likeness (QED) is 0.793. The maximum absolute atomic E-state index is 13.2. The molecule has 1 aromatic carbocycles. The summed E-state index contributed by atoms with van der Waals surface area (Å²) in [4.78, 5) is 29.6. The Hall–Kier alpha value is -2.30. The summed E-state index contributed by atoms with van der Waals surface area (Å²) in [5.74, 6) is 1.33. The number of hydrogen-bond donors (Lipinski definition) is 0. The molecule has 5 nitrogen and oxygen atoms in total. The van der Waals surface area contributed by atoms with Crippen LogP contribution in [0.1, 0.15) is 36.0 Å². The van der Waals surface area contributed by atoms with Crippen molar-refractivity contribution in [2.75, 3.05) is 19.6 Å². The monoisotopic (exact) mass is 351 g/mol. The van der Waals surface area contributed by atoms with Crippen molar-refractivity contribution in [1.82, 2.24) is 14.4 Å². The van der Waals surface area contributed by atoms with Crippen molar-refractivity contribution in [2.45, 2.75) is 31.7 Å². The maximum atomic E-state index is 13.2. The fourth-order valence-corrected chi connectivity index (χ4v) is 5.35. The van der Waals surface area contributed by atoms with E-state index in [-0.39, 0.29) is 5.91 Å². The molecule has 26 heavy (non-hydrogen) atoms. The predicted molar refractivity (Wildman–Crippen MR) is 99.8 cm³/mol. The Bertz CT molecular complexity index is 887. The summed E-state index contributed by atoms with van der Waals surface area (Å²) < 4.78 is 2.06. The second-order valence-electron chi connectivity index (χ2n) is 8.28. The Morgan fingerprint density at radius 2 is 2.04 bits per heavy atom. The summed E-state index contributed by atoms with van der Waals surface area (Å²) in [6.45, 7) is 2.40. The minimum Gasteiger partial charge on any atom is -0.351 e. The zero-order chi connectivity index (χ0) is 17.8. The molecule has 0 radical (unpaired) electrons. The van der Waals surface area contributed by atoms with Crippen LogP contribution in [0.25, 0.3) is 10.9 Å². The van der Waals surface area contributed by atoms with Crippen LogP contribution in [0.5, 0.6) is 0 Å². The van der Waals surface area contributed by atoms with E-state index in [4.69, 9.17) is 0 Å². The summed E-state index contributed by atoms with van der Waals surface area (Å²) >= 11 is 0. The summed E-state index contributed by atoms with van der Waals surface area (Å²) in [5.41, 5.74) is 1.87. The summed E-state index contributed by atoms with van der Waals surface area (Å²) in [7, 11) is 2.01. The Morgan fingerprint density at radius 1 is 1.15 bits per heavy atom. The van der Waals surface area contributed by atoms with Crippen molar-refractivity contribution in [3.8, 4) is 0 Å². The fourth-order valence-electron chi connectivity index (χ4n) is 5.35. The van der Waals surface area contributed by atoms with Gasteiger partial charge in [0.05, 0.1) is 0 Å². The number of benzene rings is 1. The molecule has 1 unspecified atom stereocenters. The first kappa shape index (κ1) is 15.9. The van der Waals surface area contributed by atoms with Crippen molar-refractivity contribution < 1.29 is 9.59 Å². The van der Waals surface area contributed by atoms with Gasteiger partial charge in [-0.15, -0.1) is 0 Å². The molecule has 5 rings (SSSR count). The van der Waals surface area contributed by atoms with E-state index < -0.39 is 0 Å². The minimum absolute atomic E-state index is 0.137. The van der Waals surface area contributed by atoms with Crippen molar-refractivity contribution in [3.05, 3.63) is 36.0 Å². The number of likely N-dealkylation sites (tertiary alicyclic amines) is 1. The van der Waals surface area contributed by atoms with Gasteiger partial charge in [-0.3, -0.25) is 9.59 Å². The first-order valence-corrected chi connectivity index (χ1v) is 9.74. The maximum Gasteiger partial charge on any atom is 0.253 e. The predicted octanol–water partition coefficient (Wildman–Crippen LogP) is 2.65. The highest BCUT2D eigenvalue weighted by molar-refractivity contribution is 5.98. The zero-order valence-corrected chi connectivity index (χ0v) is 15.2. The standard InChI is InChI=1S/C21H25N3O2/c1-22-8-7-15-5-6-16(10-19(15)22)21(26)23-11-14-9-17(13-23)18-3-2-4-20(25)24(18)12-14/h5-8,10,14,17-18H,2-4,9,11-13H2,1H3/t14-,17+,18?/m1/s1. The number of hydrogen-bond acceptors (Lipinski definition) is 2. The second kappa shape index (κ2) is 5.86. The molecule has 3 aliphatic rings. The molecular formula is C21H25N3O2. The molecule has 3 aliphatic heterocycles. The molecule has 2 bridgehead atoms. The topological polar surface area (TPSA) is 45.6 Å². The minimum atomic E-state index is 0.137. The van der Waals surface area contributed by atoms with Crippen LogP contribution in [-0.2, 0) is 11.8 Å². The van der Waals surface area contributed by atoms with Gasteiger partial charge >= 0.3 is 0 Å². The smallest absolute Gasteiger partial charge is 0.253 e. The second-order valence-corrected chi connectivity index (χ2v) is 8.28. The molecule has 2 aromatic rings. The van der Waals surface area contributed by atoms with E-state index in [1.165, 1.54) is 0 Å². The lowest BCUT2D eigenvalue weighted by Gasteiger charge is -2.52. The molecule has 1 aromatic heterocycles. The van der Waals surface area contributed by atoms with Crippen LogP contribution in [0.4, 0.5) is 0 Å². The number of aromatic nitrogens is 1. The molecule has 2 amide bonds. The van der Waals surface area contributed by atoms with Crippen LogP contribution in [0.15, 0.2) is 30.5 Å². The molecular weight excluding hydrogens is 326 g/mol. The molecule has 0 saturated carbocycles. The van der Waals surface area contributed by atoms with Crippen LogP contribution in [0.2, 0.25) is 0 Å². The van der Waals surface area contributed by atoms with Crippen LogP contribution in [0, 0.1) is 11.8 Å². The van der Waals surface area contributed by atoms with Crippen molar-refractivity contribution in [2.24, 2.45) is 18.9 Å². The molecule has 0 aliphatic carbocycles. The van der Waals surface area contributed by atoms with Gasteiger partial charge in [0.15, 0.2) is 0 Å². The number of carbonyl (C=O) groups is 2. The van der Waals surface area contributed by atoms with Crippen LogP contribution in [-0.4, -0.2) is 51.9 Å². The third-order valence-corrected chi connectivity index (χ3v) is 6.60. The average Bonchev–Trinajstić information content (AvgIpc) is 3.02. The lowest BCUT2D eigenvalue weighted by atomic mass is 9.76. The van der Waals surface area contributed by atoms with Crippen LogP contribution >= 0.6 is 0 Å². The largest absolute Gasteiger partial charge is 0.351 e. The van der Waals surface area contributed by atoms with E-state index >= 15 is 0 Å². The van der Waals surface area contributed by atoms with Gasteiger partial charge in [0.1, 0.15) is 0 Å². The highest BCUT2D eigenvalue weighted by atomic mass is 16.2. The van der Waals surface area contributed by atoms with E-state index in [1.807, 2.05) is 36.3 Å². The first-order valence-electron chi connectivity index (χ1n) is 9.74. The Labute approximate surface area is 153 Å².